The number of nitrogens with two attached hydrogens (primary N) is 1. The van der Waals surface area contributed by atoms with E-state index in [0.29, 0.717) is 22.1 Å². The van der Waals surface area contributed by atoms with Gasteiger partial charge >= 0.3 is 0 Å². The van der Waals surface area contributed by atoms with Gasteiger partial charge in [-0.3, -0.25) is 4.79 Å². The van der Waals surface area contributed by atoms with E-state index >= 15 is 0 Å². The maximum absolute atomic E-state index is 12.6. The monoisotopic (exact) mass is 310 g/mol. The van der Waals surface area contributed by atoms with Gasteiger partial charge in [-0.2, -0.15) is 0 Å². The number of likely N-dealkylation sites (tertiary alicyclic amines) is 1. The van der Waals surface area contributed by atoms with Crippen molar-refractivity contribution in [1.29, 1.82) is 0 Å². The van der Waals surface area contributed by atoms with Crippen molar-refractivity contribution in [3.8, 4) is 0 Å². The fourth-order valence-corrected chi connectivity index (χ4v) is 4.15. The molecule has 1 atom stereocenters. The molecule has 0 aliphatic carbocycles. The van der Waals surface area contributed by atoms with Gasteiger partial charge in [0.05, 0.1) is 23.4 Å². The van der Waals surface area contributed by atoms with Gasteiger partial charge in [0.15, 0.2) is 0 Å². The quantitative estimate of drug-likeness (QED) is 0.896. The van der Waals surface area contributed by atoms with Gasteiger partial charge in [-0.25, -0.2) is 0 Å². The largest absolute Gasteiger partial charge is 0.397 e. The number of hydrogen-bond donors (Lipinski definition) is 2. The van der Waals surface area contributed by atoms with E-state index in [1.807, 2.05) is 12.1 Å². The van der Waals surface area contributed by atoms with Crippen LogP contribution in [0.4, 0.5) is 5.69 Å². The van der Waals surface area contributed by atoms with Gasteiger partial charge < -0.3 is 15.7 Å². The van der Waals surface area contributed by atoms with Crippen LogP contribution in [0.2, 0.25) is 5.02 Å². The van der Waals surface area contributed by atoms with E-state index in [4.69, 9.17) is 17.3 Å². The lowest BCUT2D eigenvalue weighted by Crippen LogP contribution is -2.37. The Kier molecular flexibility index (Phi) is 3.58. The summed E-state index contributed by atoms with van der Waals surface area (Å²) < 4.78 is 0.915. The van der Waals surface area contributed by atoms with E-state index in [2.05, 4.69) is 0 Å². The normalized spacial score (nSPS) is 18.9. The van der Waals surface area contributed by atoms with E-state index in [1.165, 1.54) is 11.3 Å². The Morgan fingerprint density at radius 3 is 3.05 bits per heavy atom. The van der Waals surface area contributed by atoms with E-state index in [9.17, 15) is 9.90 Å². The topological polar surface area (TPSA) is 66.6 Å². The van der Waals surface area contributed by atoms with E-state index in [-0.39, 0.29) is 18.6 Å². The van der Waals surface area contributed by atoms with Gasteiger partial charge in [0.2, 0.25) is 0 Å². The first-order valence-corrected chi connectivity index (χ1v) is 7.71. The van der Waals surface area contributed by atoms with Gasteiger partial charge in [-0.05, 0) is 25.0 Å². The zero-order valence-electron chi connectivity index (χ0n) is 10.8. The Hall–Kier alpha value is -1.30. The Bertz CT molecular complexity index is 670. The van der Waals surface area contributed by atoms with Crippen LogP contribution in [0.3, 0.4) is 0 Å². The number of rotatable bonds is 2. The minimum Gasteiger partial charge on any atom is -0.397 e. The molecule has 0 saturated carbocycles. The van der Waals surface area contributed by atoms with Crippen LogP contribution in [0.5, 0.6) is 0 Å². The molecule has 1 aromatic heterocycles. The summed E-state index contributed by atoms with van der Waals surface area (Å²) in [4.78, 5) is 14.9. The Labute approximate surface area is 125 Å². The highest BCUT2D eigenvalue weighted by molar-refractivity contribution is 7.21. The number of aliphatic hydroxyl groups is 1. The maximum Gasteiger partial charge on any atom is 0.266 e. The second kappa shape index (κ2) is 5.24. The summed E-state index contributed by atoms with van der Waals surface area (Å²) >= 11 is 7.52. The summed E-state index contributed by atoms with van der Waals surface area (Å²) in [5, 5.41) is 10.7. The molecule has 2 heterocycles. The van der Waals surface area contributed by atoms with Crippen LogP contribution in [-0.2, 0) is 0 Å². The molecule has 4 nitrogen and oxygen atoms in total. The Balaban J connectivity index is 2.04. The molecule has 1 saturated heterocycles. The number of carbonyl (C=O) groups is 1. The molecule has 3 N–H and O–H groups in total. The molecule has 0 bridgehead atoms. The molecule has 1 aliphatic rings. The molecule has 1 aromatic carbocycles. The summed E-state index contributed by atoms with van der Waals surface area (Å²) in [6.07, 6.45) is 1.76. The standard InChI is InChI=1S/C14H15ClN2O2S/c15-9-4-1-5-10-11(9)12(16)13(20-10)14(19)17-6-2-3-8(17)7-18/h1,4-5,8,18H,2-3,6-7,16H2. The van der Waals surface area contributed by atoms with Gasteiger partial charge in [0, 0.05) is 16.6 Å². The zero-order valence-corrected chi connectivity index (χ0v) is 12.4. The first kappa shape index (κ1) is 13.7. The van der Waals surface area contributed by atoms with Gasteiger partial charge in [0.25, 0.3) is 5.91 Å². The van der Waals surface area contributed by atoms with Crippen molar-refractivity contribution in [3.05, 3.63) is 28.1 Å². The third-order valence-electron chi connectivity index (χ3n) is 3.74. The molecule has 20 heavy (non-hydrogen) atoms. The van der Waals surface area contributed by atoms with E-state index < -0.39 is 0 Å². The van der Waals surface area contributed by atoms with Gasteiger partial charge in [0.1, 0.15) is 4.88 Å². The third kappa shape index (κ3) is 2.06. The number of hydrogen-bond acceptors (Lipinski definition) is 4. The van der Waals surface area contributed by atoms with Crippen LogP contribution in [0.25, 0.3) is 10.1 Å². The lowest BCUT2D eigenvalue weighted by molar-refractivity contribution is 0.0683. The van der Waals surface area contributed by atoms with E-state index in [0.717, 1.165) is 22.9 Å². The molecule has 1 amide bonds. The number of benzene rings is 1. The summed E-state index contributed by atoms with van der Waals surface area (Å²) in [6.45, 7) is 0.669. The first-order valence-electron chi connectivity index (χ1n) is 6.51. The summed E-state index contributed by atoms with van der Waals surface area (Å²) in [5.41, 5.74) is 6.56. The SMILES string of the molecule is Nc1c(C(=O)N2CCCC2CO)sc2cccc(Cl)c12. The zero-order chi connectivity index (χ0) is 14.3. The number of carbonyl (C=O) groups excluding carboxylic acids is 1. The van der Waals surface area contributed by atoms with Gasteiger partial charge in [-0.15, -0.1) is 11.3 Å². The van der Waals surface area contributed by atoms with Crippen LogP contribution < -0.4 is 5.73 Å². The number of nitrogen functional groups attached to an aromatic ring is 1. The average molecular weight is 311 g/mol. The van der Waals surface area contributed by atoms with Crippen molar-refractivity contribution in [2.24, 2.45) is 0 Å². The van der Waals surface area contributed by atoms with Gasteiger partial charge in [-0.1, -0.05) is 17.7 Å². The van der Waals surface area contributed by atoms with Crippen LogP contribution in [0.1, 0.15) is 22.5 Å². The molecule has 106 valence electrons. The number of anilines is 1. The molecule has 2 aromatic rings. The average Bonchev–Trinajstić information content (AvgIpc) is 3.03. The van der Waals surface area contributed by atoms with Crippen molar-refractivity contribution in [2.45, 2.75) is 18.9 Å². The van der Waals surface area contributed by atoms with E-state index in [1.54, 1.807) is 11.0 Å². The summed E-state index contributed by atoms with van der Waals surface area (Å²) in [5.74, 6) is -0.101. The Morgan fingerprint density at radius 1 is 1.55 bits per heavy atom. The third-order valence-corrected chi connectivity index (χ3v) is 5.22. The van der Waals surface area contributed by atoms with Crippen LogP contribution in [-0.4, -0.2) is 35.1 Å². The number of fused-ring (bicyclic) bond motifs is 1. The lowest BCUT2D eigenvalue weighted by atomic mass is 10.2. The fraction of sp³-hybridized carbons (Fsp3) is 0.357. The fourth-order valence-electron chi connectivity index (χ4n) is 2.71. The number of halogens is 1. The van der Waals surface area contributed by atoms with Crippen LogP contribution >= 0.6 is 22.9 Å². The number of thiophene rings is 1. The lowest BCUT2D eigenvalue weighted by Gasteiger charge is -2.22. The highest BCUT2D eigenvalue weighted by Gasteiger charge is 2.31. The molecule has 1 fully saturated rings. The number of aliphatic hydroxyl groups excluding tert-OH is 1. The first-order chi connectivity index (χ1) is 9.63. The second-order valence-corrected chi connectivity index (χ2v) is 6.39. The summed E-state index contributed by atoms with van der Waals surface area (Å²) in [6, 6.07) is 5.43. The van der Waals surface area contributed by atoms with Crippen molar-refractivity contribution >= 4 is 44.6 Å². The highest BCUT2D eigenvalue weighted by Crippen LogP contribution is 2.39. The molecule has 1 aliphatic heterocycles. The molecule has 6 heteroatoms. The molecular formula is C14H15ClN2O2S. The maximum atomic E-state index is 12.6. The molecule has 0 radical (unpaired) electrons. The number of amides is 1. The van der Waals surface area contributed by atoms with Crippen molar-refractivity contribution in [2.75, 3.05) is 18.9 Å². The van der Waals surface area contributed by atoms with Crippen molar-refractivity contribution in [1.82, 2.24) is 4.90 Å². The molecular weight excluding hydrogens is 296 g/mol. The predicted octanol–water partition coefficient (Wildman–Crippen LogP) is 2.73. The number of nitrogens with zero attached hydrogens (tertiary/aromatic N) is 1. The molecule has 0 spiro atoms. The minimum absolute atomic E-state index is 0.00268. The van der Waals surface area contributed by atoms with Crippen LogP contribution in [0.15, 0.2) is 18.2 Å². The highest BCUT2D eigenvalue weighted by atomic mass is 35.5. The molecule has 1 unspecified atom stereocenters. The van der Waals surface area contributed by atoms with Crippen molar-refractivity contribution in [3.63, 3.8) is 0 Å². The van der Waals surface area contributed by atoms with Crippen LogP contribution in [0, 0.1) is 0 Å². The smallest absolute Gasteiger partial charge is 0.266 e. The minimum atomic E-state index is -0.101. The Morgan fingerprint density at radius 2 is 2.35 bits per heavy atom. The summed E-state index contributed by atoms with van der Waals surface area (Å²) in [7, 11) is 0. The van der Waals surface area contributed by atoms with Crippen molar-refractivity contribution < 1.29 is 9.90 Å². The second-order valence-electron chi connectivity index (χ2n) is 4.94. The molecule has 3 rings (SSSR count). The predicted molar refractivity (Wildman–Crippen MR) is 82.4 cm³/mol.